The molecule has 0 saturated heterocycles. The molecule has 2 aromatic rings. The van der Waals surface area contributed by atoms with Crippen molar-refractivity contribution in [3.8, 4) is 17.2 Å². The van der Waals surface area contributed by atoms with Crippen LogP contribution in [0, 0.1) is 13.8 Å². The van der Waals surface area contributed by atoms with Crippen LogP contribution in [0.1, 0.15) is 11.1 Å². The van der Waals surface area contributed by atoms with Gasteiger partial charge >= 0.3 is 6.03 Å². The van der Waals surface area contributed by atoms with Gasteiger partial charge in [0.15, 0.2) is 11.5 Å². The van der Waals surface area contributed by atoms with Gasteiger partial charge in [-0.25, -0.2) is 4.79 Å². The summed E-state index contributed by atoms with van der Waals surface area (Å²) in [5.74, 6) is 2.07. The molecule has 2 aromatic carbocycles. The monoisotopic (exact) mass is 328 g/mol. The van der Waals surface area contributed by atoms with E-state index in [4.69, 9.17) is 14.2 Å². The number of amides is 2. The number of benzene rings is 2. The zero-order valence-electron chi connectivity index (χ0n) is 13.7. The molecule has 2 amide bonds. The van der Waals surface area contributed by atoms with E-state index in [1.807, 2.05) is 38.1 Å². The van der Waals surface area contributed by atoms with Gasteiger partial charge in [-0.05, 0) is 43.2 Å². The third-order valence-corrected chi connectivity index (χ3v) is 3.85. The van der Waals surface area contributed by atoms with E-state index in [0.717, 1.165) is 16.8 Å². The van der Waals surface area contributed by atoms with Crippen LogP contribution in [0.15, 0.2) is 36.4 Å². The van der Waals surface area contributed by atoms with E-state index in [-0.39, 0.29) is 12.8 Å². The Labute approximate surface area is 140 Å². The standard InChI is InChI=1S/C18H20N2O4/c1-12-4-3-5-15(13(12)2)20-18(21)19-8-9-22-14-6-7-16-17(10-14)24-11-23-16/h3-7,10H,8-9,11H2,1-2H3,(H2,19,20,21). The van der Waals surface area contributed by atoms with Gasteiger partial charge in [-0.3, -0.25) is 0 Å². The highest BCUT2D eigenvalue weighted by molar-refractivity contribution is 5.90. The largest absolute Gasteiger partial charge is 0.492 e. The molecule has 0 saturated carbocycles. The summed E-state index contributed by atoms with van der Waals surface area (Å²) in [5, 5.41) is 5.61. The first-order chi connectivity index (χ1) is 11.6. The fourth-order valence-electron chi connectivity index (χ4n) is 2.35. The van der Waals surface area contributed by atoms with Crippen LogP contribution in [0.3, 0.4) is 0 Å². The number of carbonyl (C=O) groups is 1. The predicted octanol–water partition coefficient (Wildman–Crippen LogP) is 3.23. The molecule has 0 unspecified atom stereocenters. The van der Waals surface area contributed by atoms with Crippen molar-refractivity contribution in [1.82, 2.24) is 5.32 Å². The number of nitrogens with one attached hydrogen (secondary N) is 2. The molecule has 0 bridgehead atoms. The zero-order valence-corrected chi connectivity index (χ0v) is 13.7. The molecule has 0 atom stereocenters. The topological polar surface area (TPSA) is 68.8 Å². The molecule has 126 valence electrons. The van der Waals surface area contributed by atoms with Crippen LogP contribution in [0.4, 0.5) is 10.5 Å². The van der Waals surface area contributed by atoms with E-state index in [1.54, 1.807) is 12.1 Å². The number of rotatable bonds is 5. The Hall–Kier alpha value is -2.89. The Kier molecular flexibility index (Phi) is 4.74. The van der Waals surface area contributed by atoms with E-state index >= 15 is 0 Å². The van der Waals surface area contributed by atoms with E-state index in [2.05, 4.69) is 10.6 Å². The predicted molar refractivity (Wildman–Crippen MR) is 91.0 cm³/mol. The first-order valence-electron chi connectivity index (χ1n) is 7.77. The minimum absolute atomic E-state index is 0.235. The summed E-state index contributed by atoms with van der Waals surface area (Å²) >= 11 is 0. The van der Waals surface area contributed by atoms with Crippen molar-refractivity contribution in [3.63, 3.8) is 0 Å². The molecule has 0 aromatic heterocycles. The smallest absolute Gasteiger partial charge is 0.319 e. The van der Waals surface area contributed by atoms with Crippen LogP contribution >= 0.6 is 0 Å². The maximum atomic E-state index is 11.9. The molecule has 2 N–H and O–H groups in total. The number of ether oxygens (including phenoxy) is 3. The van der Waals surface area contributed by atoms with Crippen molar-refractivity contribution in [2.45, 2.75) is 13.8 Å². The molecule has 3 rings (SSSR count). The molecule has 0 spiro atoms. The number of carbonyl (C=O) groups excluding carboxylic acids is 1. The van der Waals surface area contributed by atoms with Crippen LogP contribution in [-0.2, 0) is 0 Å². The summed E-state index contributed by atoms with van der Waals surface area (Å²) < 4.78 is 16.1. The van der Waals surface area contributed by atoms with Crippen LogP contribution in [0.5, 0.6) is 17.2 Å². The lowest BCUT2D eigenvalue weighted by Gasteiger charge is -2.12. The van der Waals surface area contributed by atoms with Crippen LogP contribution < -0.4 is 24.8 Å². The number of aryl methyl sites for hydroxylation is 1. The molecule has 0 aliphatic carbocycles. The highest BCUT2D eigenvalue weighted by Gasteiger charge is 2.13. The number of fused-ring (bicyclic) bond motifs is 1. The summed E-state index contributed by atoms with van der Waals surface area (Å²) in [7, 11) is 0. The molecule has 24 heavy (non-hydrogen) atoms. The molecule has 1 aliphatic rings. The average Bonchev–Trinajstić information content (AvgIpc) is 3.03. The summed E-state index contributed by atoms with van der Waals surface area (Å²) in [5.41, 5.74) is 3.01. The first-order valence-corrected chi connectivity index (χ1v) is 7.77. The minimum atomic E-state index is -0.252. The SMILES string of the molecule is Cc1cccc(NC(=O)NCCOc2ccc3c(c2)OCO3)c1C. The van der Waals surface area contributed by atoms with Gasteiger partial charge in [-0.2, -0.15) is 0 Å². The fourth-order valence-corrected chi connectivity index (χ4v) is 2.35. The van der Waals surface area contributed by atoms with Gasteiger partial charge in [0, 0.05) is 11.8 Å². The molecule has 6 nitrogen and oxygen atoms in total. The summed E-state index contributed by atoms with van der Waals surface area (Å²) in [4.78, 5) is 11.9. The molecule has 0 fully saturated rings. The van der Waals surface area contributed by atoms with Gasteiger partial charge in [0.2, 0.25) is 6.79 Å². The van der Waals surface area contributed by atoms with Crippen LogP contribution in [0.2, 0.25) is 0 Å². The number of hydrogen-bond acceptors (Lipinski definition) is 4. The molecule has 1 aliphatic heterocycles. The Morgan fingerprint density at radius 3 is 2.88 bits per heavy atom. The second-order valence-corrected chi connectivity index (χ2v) is 5.49. The van der Waals surface area contributed by atoms with Gasteiger partial charge < -0.3 is 24.8 Å². The van der Waals surface area contributed by atoms with Crippen LogP contribution in [0.25, 0.3) is 0 Å². The third kappa shape index (κ3) is 3.71. The Morgan fingerprint density at radius 2 is 2.00 bits per heavy atom. The van der Waals surface area contributed by atoms with Crippen molar-refractivity contribution in [1.29, 1.82) is 0 Å². The summed E-state index contributed by atoms with van der Waals surface area (Å²) in [6.07, 6.45) is 0. The Balaban J connectivity index is 1.43. The summed E-state index contributed by atoms with van der Waals surface area (Å²) in [6, 6.07) is 10.9. The van der Waals surface area contributed by atoms with Gasteiger partial charge in [0.05, 0.1) is 6.54 Å². The van der Waals surface area contributed by atoms with Crippen LogP contribution in [-0.4, -0.2) is 26.0 Å². The molecular weight excluding hydrogens is 308 g/mol. The number of hydrogen-bond donors (Lipinski definition) is 2. The van der Waals surface area contributed by atoms with E-state index < -0.39 is 0 Å². The highest BCUT2D eigenvalue weighted by atomic mass is 16.7. The van der Waals surface area contributed by atoms with E-state index in [1.165, 1.54) is 0 Å². The van der Waals surface area contributed by atoms with Crippen molar-refractivity contribution in [2.75, 3.05) is 25.3 Å². The Bertz CT molecular complexity index is 746. The van der Waals surface area contributed by atoms with Gasteiger partial charge in [-0.15, -0.1) is 0 Å². The second kappa shape index (κ2) is 7.12. The maximum Gasteiger partial charge on any atom is 0.319 e. The molecule has 0 radical (unpaired) electrons. The summed E-state index contributed by atoms with van der Waals surface area (Å²) in [6.45, 7) is 4.98. The maximum absolute atomic E-state index is 11.9. The first kappa shape index (κ1) is 16.0. The third-order valence-electron chi connectivity index (χ3n) is 3.85. The highest BCUT2D eigenvalue weighted by Crippen LogP contribution is 2.34. The van der Waals surface area contributed by atoms with Gasteiger partial charge in [0.1, 0.15) is 12.4 Å². The lowest BCUT2D eigenvalue weighted by atomic mass is 10.1. The lowest BCUT2D eigenvalue weighted by molar-refractivity contribution is 0.173. The fraction of sp³-hybridized carbons (Fsp3) is 0.278. The van der Waals surface area contributed by atoms with Gasteiger partial charge in [-0.1, -0.05) is 12.1 Å². The van der Waals surface area contributed by atoms with Crippen molar-refractivity contribution < 1.29 is 19.0 Å². The normalized spacial score (nSPS) is 11.9. The second-order valence-electron chi connectivity index (χ2n) is 5.49. The Morgan fingerprint density at radius 1 is 1.17 bits per heavy atom. The zero-order chi connectivity index (χ0) is 16.9. The quantitative estimate of drug-likeness (QED) is 0.827. The van der Waals surface area contributed by atoms with Crippen molar-refractivity contribution in [3.05, 3.63) is 47.5 Å². The molecular formula is C18H20N2O4. The van der Waals surface area contributed by atoms with Crippen molar-refractivity contribution >= 4 is 11.7 Å². The van der Waals surface area contributed by atoms with E-state index in [9.17, 15) is 4.79 Å². The van der Waals surface area contributed by atoms with E-state index in [0.29, 0.717) is 30.4 Å². The minimum Gasteiger partial charge on any atom is -0.492 e. The lowest BCUT2D eigenvalue weighted by Crippen LogP contribution is -2.32. The molecule has 1 heterocycles. The number of anilines is 1. The molecule has 6 heteroatoms. The number of urea groups is 1. The average molecular weight is 328 g/mol. The van der Waals surface area contributed by atoms with Gasteiger partial charge in [0.25, 0.3) is 0 Å². The van der Waals surface area contributed by atoms with Crippen molar-refractivity contribution in [2.24, 2.45) is 0 Å².